The molecule has 0 bridgehead atoms. The number of imide groups is 1. The molecule has 2 amide bonds. The van der Waals surface area contributed by atoms with Gasteiger partial charge in [-0.05, 0) is 38.6 Å². The average Bonchev–Trinajstić information content (AvgIpc) is 2.52. The Hall–Kier alpha value is -0.900. The number of carbonyl (C=O) groups is 2. The normalized spacial score (nSPS) is 18.9. The molecule has 1 aliphatic rings. The molecule has 0 aliphatic carbocycles. The van der Waals surface area contributed by atoms with Crippen LogP contribution in [-0.2, 0) is 9.59 Å². The monoisotopic (exact) mass is 254 g/mol. The summed E-state index contributed by atoms with van der Waals surface area (Å²) in [6.45, 7) is 5.83. The smallest absolute Gasteiger partial charge is 0.229 e. The van der Waals surface area contributed by atoms with Gasteiger partial charge in [-0.2, -0.15) is 0 Å². The summed E-state index contributed by atoms with van der Waals surface area (Å²) in [6.07, 6.45) is 5.82. The molecule has 104 valence electrons. The van der Waals surface area contributed by atoms with Crippen LogP contribution in [0, 0.1) is 0 Å². The van der Waals surface area contributed by atoms with E-state index in [-0.39, 0.29) is 11.8 Å². The van der Waals surface area contributed by atoms with Gasteiger partial charge in [0.15, 0.2) is 0 Å². The van der Waals surface area contributed by atoms with Gasteiger partial charge in [-0.1, -0.05) is 13.8 Å². The van der Waals surface area contributed by atoms with Crippen LogP contribution in [0.5, 0.6) is 0 Å². The summed E-state index contributed by atoms with van der Waals surface area (Å²) in [7, 11) is 0. The van der Waals surface area contributed by atoms with Crippen molar-refractivity contribution in [2.45, 2.75) is 64.8 Å². The molecule has 1 saturated heterocycles. The van der Waals surface area contributed by atoms with Gasteiger partial charge >= 0.3 is 0 Å². The fourth-order valence-corrected chi connectivity index (χ4v) is 2.45. The largest absolute Gasteiger partial charge is 0.314 e. The zero-order chi connectivity index (χ0) is 13.4. The Bertz CT molecular complexity index is 261. The van der Waals surface area contributed by atoms with E-state index < -0.39 is 0 Å². The maximum Gasteiger partial charge on any atom is 0.229 e. The Kier molecular flexibility index (Phi) is 6.94. The van der Waals surface area contributed by atoms with Crippen LogP contribution in [0.25, 0.3) is 0 Å². The highest BCUT2D eigenvalue weighted by Crippen LogP contribution is 2.14. The summed E-state index contributed by atoms with van der Waals surface area (Å²) >= 11 is 0. The number of amides is 2. The topological polar surface area (TPSA) is 49.4 Å². The Morgan fingerprint density at radius 1 is 1.17 bits per heavy atom. The number of nitrogens with zero attached hydrogens (tertiary/aromatic N) is 1. The van der Waals surface area contributed by atoms with E-state index in [1.165, 1.54) is 4.90 Å². The van der Waals surface area contributed by atoms with Gasteiger partial charge in [-0.3, -0.25) is 14.5 Å². The van der Waals surface area contributed by atoms with Crippen LogP contribution in [0.4, 0.5) is 0 Å². The number of nitrogens with one attached hydrogen (secondary N) is 1. The first-order chi connectivity index (χ1) is 8.69. The maximum atomic E-state index is 11.8. The van der Waals surface area contributed by atoms with Crippen molar-refractivity contribution in [3.8, 4) is 0 Å². The van der Waals surface area contributed by atoms with E-state index >= 15 is 0 Å². The van der Waals surface area contributed by atoms with Gasteiger partial charge in [-0.25, -0.2) is 0 Å². The molecule has 4 nitrogen and oxygen atoms in total. The quantitative estimate of drug-likeness (QED) is 0.708. The molecular weight excluding hydrogens is 228 g/mol. The molecule has 1 N–H and O–H groups in total. The molecule has 4 heteroatoms. The molecule has 1 atom stereocenters. The van der Waals surface area contributed by atoms with E-state index in [1.54, 1.807) is 0 Å². The van der Waals surface area contributed by atoms with E-state index in [0.717, 1.165) is 38.6 Å². The van der Waals surface area contributed by atoms with Gasteiger partial charge in [0.2, 0.25) is 11.8 Å². The lowest BCUT2D eigenvalue weighted by atomic mass is 10.1. The van der Waals surface area contributed by atoms with Crippen LogP contribution >= 0.6 is 0 Å². The summed E-state index contributed by atoms with van der Waals surface area (Å²) in [5, 5.41) is 3.42. The Labute approximate surface area is 110 Å². The minimum absolute atomic E-state index is 0.0222. The van der Waals surface area contributed by atoms with Crippen molar-refractivity contribution in [2.75, 3.05) is 13.1 Å². The fraction of sp³-hybridized carbons (Fsp3) is 0.857. The summed E-state index contributed by atoms with van der Waals surface area (Å²) < 4.78 is 0. The third-order valence-electron chi connectivity index (χ3n) is 3.55. The van der Waals surface area contributed by atoms with E-state index in [4.69, 9.17) is 0 Å². The second-order valence-electron chi connectivity index (χ2n) is 4.95. The van der Waals surface area contributed by atoms with Crippen molar-refractivity contribution in [1.29, 1.82) is 0 Å². The van der Waals surface area contributed by atoms with Crippen molar-refractivity contribution in [2.24, 2.45) is 0 Å². The van der Waals surface area contributed by atoms with Crippen LogP contribution < -0.4 is 5.32 Å². The number of hydrogen-bond donors (Lipinski definition) is 1. The summed E-state index contributed by atoms with van der Waals surface area (Å²) in [5.74, 6) is 0.0444. The Balaban J connectivity index is 2.35. The van der Waals surface area contributed by atoms with E-state index in [9.17, 15) is 9.59 Å². The molecule has 18 heavy (non-hydrogen) atoms. The molecular formula is C14H26N2O2. The number of likely N-dealkylation sites (tertiary alicyclic amines) is 1. The van der Waals surface area contributed by atoms with Crippen LogP contribution in [0.2, 0.25) is 0 Å². The second kappa shape index (κ2) is 8.25. The summed E-state index contributed by atoms with van der Waals surface area (Å²) in [6, 6.07) is 0.507. The second-order valence-corrected chi connectivity index (χ2v) is 4.95. The first-order valence-electron chi connectivity index (χ1n) is 7.25. The number of rotatable bonds is 7. The average molecular weight is 254 g/mol. The van der Waals surface area contributed by atoms with Crippen molar-refractivity contribution in [1.82, 2.24) is 10.2 Å². The van der Waals surface area contributed by atoms with Gasteiger partial charge in [0, 0.05) is 25.4 Å². The molecule has 1 fully saturated rings. The zero-order valence-electron chi connectivity index (χ0n) is 11.7. The van der Waals surface area contributed by atoms with Crippen LogP contribution in [-0.4, -0.2) is 35.8 Å². The lowest BCUT2D eigenvalue weighted by Gasteiger charge is -2.21. The molecule has 0 aromatic rings. The minimum atomic E-state index is 0.0222. The van der Waals surface area contributed by atoms with Crippen LogP contribution in [0.3, 0.4) is 0 Å². The molecule has 0 saturated carbocycles. The molecule has 0 spiro atoms. The van der Waals surface area contributed by atoms with Gasteiger partial charge in [0.1, 0.15) is 0 Å². The van der Waals surface area contributed by atoms with Crippen molar-refractivity contribution in [3.63, 3.8) is 0 Å². The van der Waals surface area contributed by atoms with Gasteiger partial charge in [0.25, 0.3) is 0 Å². The summed E-state index contributed by atoms with van der Waals surface area (Å²) in [5.41, 5.74) is 0. The third-order valence-corrected chi connectivity index (χ3v) is 3.55. The molecule has 1 rings (SSSR count). The lowest BCUT2D eigenvalue weighted by molar-refractivity contribution is -0.143. The number of hydrogen-bond acceptors (Lipinski definition) is 3. The Morgan fingerprint density at radius 3 is 2.28 bits per heavy atom. The van der Waals surface area contributed by atoms with Crippen LogP contribution in [0.1, 0.15) is 58.8 Å². The highest BCUT2D eigenvalue weighted by Gasteiger charge is 2.23. The standard InChI is InChI=1S/C14H26N2O2/c1-3-12(15-4-2)8-7-11-16-13(17)9-5-6-10-14(16)18/h12,15H,3-11H2,1-2H3. The molecule has 1 unspecified atom stereocenters. The highest BCUT2D eigenvalue weighted by molar-refractivity contribution is 5.95. The molecule has 1 aliphatic heterocycles. The maximum absolute atomic E-state index is 11.8. The molecule has 0 aromatic heterocycles. The minimum Gasteiger partial charge on any atom is -0.314 e. The van der Waals surface area contributed by atoms with Crippen molar-refractivity contribution < 1.29 is 9.59 Å². The first-order valence-corrected chi connectivity index (χ1v) is 7.25. The van der Waals surface area contributed by atoms with E-state index in [1.807, 2.05) is 0 Å². The predicted molar refractivity (Wildman–Crippen MR) is 72.2 cm³/mol. The van der Waals surface area contributed by atoms with Crippen molar-refractivity contribution >= 4 is 11.8 Å². The van der Waals surface area contributed by atoms with Crippen LogP contribution in [0.15, 0.2) is 0 Å². The highest BCUT2D eigenvalue weighted by atomic mass is 16.2. The molecule has 0 aromatic carbocycles. The SMILES string of the molecule is CCNC(CC)CCCN1C(=O)CCCCC1=O. The first kappa shape index (κ1) is 15.2. The zero-order valence-corrected chi connectivity index (χ0v) is 11.7. The Morgan fingerprint density at radius 2 is 1.78 bits per heavy atom. The molecule has 1 heterocycles. The number of carbonyl (C=O) groups excluding carboxylic acids is 2. The predicted octanol–water partition coefficient (Wildman–Crippen LogP) is 2.08. The fourth-order valence-electron chi connectivity index (χ4n) is 2.45. The van der Waals surface area contributed by atoms with Gasteiger partial charge in [-0.15, -0.1) is 0 Å². The third kappa shape index (κ3) is 4.77. The van der Waals surface area contributed by atoms with Gasteiger partial charge in [0.05, 0.1) is 0 Å². The van der Waals surface area contributed by atoms with Crippen molar-refractivity contribution in [3.05, 3.63) is 0 Å². The van der Waals surface area contributed by atoms with E-state index in [0.29, 0.717) is 25.4 Å². The van der Waals surface area contributed by atoms with Gasteiger partial charge < -0.3 is 5.32 Å². The lowest BCUT2D eigenvalue weighted by Crippen LogP contribution is -2.37. The van der Waals surface area contributed by atoms with E-state index in [2.05, 4.69) is 19.2 Å². The molecule has 0 radical (unpaired) electrons. The summed E-state index contributed by atoms with van der Waals surface area (Å²) in [4.78, 5) is 25.0.